The molecule has 1 atom stereocenters. The molecule has 1 aromatic carbocycles. The van der Waals surface area contributed by atoms with Crippen molar-refractivity contribution in [3.05, 3.63) is 34.9 Å². The first kappa shape index (κ1) is 21.0. The molecule has 0 aromatic heterocycles. The Labute approximate surface area is 150 Å². The van der Waals surface area contributed by atoms with Gasteiger partial charge in [-0.3, -0.25) is 9.69 Å². The monoisotopic (exact) mass is 385 g/mol. The fraction of sp³-hybridized carbons (Fsp3) is 0.533. The van der Waals surface area contributed by atoms with Gasteiger partial charge in [-0.1, -0.05) is 23.7 Å². The van der Waals surface area contributed by atoms with E-state index in [0.717, 1.165) is 0 Å². The minimum Gasteiger partial charge on any atom is -0.354 e. The van der Waals surface area contributed by atoms with Gasteiger partial charge in [0.05, 0.1) is 6.42 Å². The van der Waals surface area contributed by atoms with E-state index >= 15 is 0 Å². The molecule has 1 aromatic rings. The number of carbonyl (C=O) groups is 1. The molecular formula is C15H20Cl2F3N3O. The van der Waals surface area contributed by atoms with E-state index in [1.807, 2.05) is 0 Å². The van der Waals surface area contributed by atoms with E-state index in [1.165, 1.54) is 4.90 Å². The maximum absolute atomic E-state index is 13.2. The molecule has 0 aliphatic carbocycles. The number of halogens is 5. The third-order valence-electron chi connectivity index (χ3n) is 3.72. The van der Waals surface area contributed by atoms with Crippen LogP contribution < -0.4 is 10.6 Å². The van der Waals surface area contributed by atoms with E-state index in [1.54, 1.807) is 24.3 Å². The quantitative estimate of drug-likeness (QED) is 0.816. The average Bonchev–Trinajstić information content (AvgIpc) is 2.47. The van der Waals surface area contributed by atoms with Gasteiger partial charge in [-0.25, -0.2) is 0 Å². The van der Waals surface area contributed by atoms with E-state index in [2.05, 4.69) is 10.6 Å². The largest absolute Gasteiger partial charge is 0.405 e. The predicted molar refractivity (Wildman–Crippen MR) is 89.7 cm³/mol. The fourth-order valence-electron chi connectivity index (χ4n) is 2.55. The maximum Gasteiger partial charge on any atom is 0.405 e. The van der Waals surface area contributed by atoms with Crippen molar-refractivity contribution in [2.24, 2.45) is 0 Å². The van der Waals surface area contributed by atoms with Crippen molar-refractivity contribution < 1.29 is 18.0 Å². The van der Waals surface area contributed by atoms with E-state index in [4.69, 9.17) is 11.6 Å². The highest BCUT2D eigenvalue weighted by molar-refractivity contribution is 6.30. The Bertz CT molecular complexity index is 537. The van der Waals surface area contributed by atoms with Gasteiger partial charge < -0.3 is 10.6 Å². The molecule has 0 bridgehead atoms. The Kier molecular flexibility index (Phi) is 8.29. The Morgan fingerprint density at radius 3 is 2.58 bits per heavy atom. The molecule has 2 N–H and O–H groups in total. The Morgan fingerprint density at radius 1 is 1.33 bits per heavy atom. The summed E-state index contributed by atoms with van der Waals surface area (Å²) in [6.07, 6.45) is -4.37. The summed E-state index contributed by atoms with van der Waals surface area (Å²) in [6.45, 7) is 1.22. The molecule has 1 unspecified atom stereocenters. The molecule has 1 amide bonds. The molecule has 136 valence electrons. The Morgan fingerprint density at radius 2 is 2.00 bits per heavy atom. The first-order valence-electron chi connectivity index (χ1n) is 7.39. The third-order valence-corrected chi connectivity index (χ3v) is 3.95. The van der Waals surface area contributed by atoms with E-state index < -0.39 is 24.7 Å². The second-order valence-corrected chi connectivity index (χ2v) is 5.89. The molecule has 0 saturated carbocycles. The van der Waals surface area contributed by atoms with Gasteiger partial charge >= 0.3 is 6.18 Å². The zero-order chi connectivity index (χ0) is 16.9. The van der Waals surface area contributed by atoms with Crippen LogP contribution in [0.3, 0.4) is 0 Å². The van der Waals surface area contributed by atoms with Gasteiger partial charge in [-0.2, -0.15) is 13.2 Å². The smallest absolute Gasteiger partial charge is 0.354 e. The van der Waals surface area contributed by atoms with Crippen LogP contribution in [0.25, 0.3) is 0 Å². The van der Waals surface area contributed by atoms with Gasteiger partial charge in [0.2, 0.25) is 5.91 Å². The lowest BCUT2D eigenvalue weighted by molar-refractivity contribution is -0.184. The van der Waals surface area contributed by atoms with Crippen LogP contribution in [-0.2, 0) is 11.2 Å². The lowest BCUT2D eigenvalue weighted by Crippen LogP contribution is -2.57. The van der Waals surface area contributed by atoms with Gasteiger partial charge in [0.1, 0.15) is 6.04 Å². The number of benzene rings is 1. The molecule has 1 heterocycles. The molecule has 1 aliphatic heterocycles. The van der Waals surface area contributed by atoms with Gasteiger partial charge in [0.15, 0.2) is 0 Å². The van der Waals surface area contributed by atoms with E-state index in [-0.39, 0.29) is 18.8 Å². The first-order valence-corrected chi connectivity index (χ1v) is 7.76. The van der Waals surface area contributed by atoms with Crippen LogP contribution in [0.15, 0.2) is 24.3 Å². The highest BCUT2D eigenvalue weighted by atomic mass is 35.5. The summed E-state index contributed by atoms with van der Waals surface area (Å²) in [6, 6.07) is 5.05. The number of hydrogen-bond acceptors (Lipinski definition) is 3. The van der Waals surface area contributed by atoms with Crippen molar-refractivity contribution in [1.29, 1.82) is 0 Å². The maximum atomic E-state index is 13.2. The summed E-state index contributed by atoms with van der Waals surface area (Å²) < 4.78 is 39.6. The summed E-state index contributed by atoms with van der Waals surface area (Å²) in [4.78, 5) is 13.2. The van der Waals surface area contributed by atoms with Crippen molar-refractivity contribution in [2.75, 3.05) is 32.7 Å². The van der Waals surface area contributed by atoms with Crippen LogP contribution in [0.1, 0.15) is 5.56 Å². The molecule has 2 rings (SSSR count). The first-order chi connectivity index (χ1) is 10.9. The zero-order valence-electron chi connectivity index (χ0n) is 12.9. The lowest BCUT2D eigenvalue weighted by Gasteiger charge is -2.35. The standard InChI is InChI=1S/C15H19ClF3N3O.ClH/c16-12-3-1-2-11(8-12)9-14(23)21-10-13(15(17,18)19)22-6-4-20-5-7-22;/h1-3,8,13,20H,4-7,9-10H2,(H,21,23);1H. The predicted octanol–water partition coefficient (Wildman–Crippen LogP) is 2.26. The molecule has 9 heteroatoms. The third kappa shape index (κ3) is 6.47. The summed E-state index contributed by atoms with van der Waals surface area (Å²) >= 11 is 5.82. The molecule has 1 fully saturated rings. The zero-order valence-corrected chi connectivity index (χ0v) is 14.5. The van der Waals surface area contributed by atoms with Crippen molar-refractivity contribution >= 4 is 29.9 Å². The van der Waals surface area contributed by atoms with Crippen LogP contribution in [0.2, 0.25) is 5.02 Å². The van der Waals surface area contributed by atoms with E-state index in [0.29, 0.717) is 36.8 Å². The SMILES string of the molecule is Cl.O=C(Cc1cccc(Cl)c1)NCC(N1CCNCC1)C(F)(F)F. The van der Waals surface area contributed by atoms with Gasteiger partial charge in [-0.05, 0) is 17.7 Å². The summed E-state index contributed by atoms with van der Waals surface area (Å²) in [7, 11) is 0. The molecule has 0 spiro atoms. The Hall–Kier alpha value is -1.02. The van der Waals surface area contributed by atoms with Crippen molar-refractivity contribution in [3.8, 4) is 0 Å². The number of alkyl halides is 3. The molecule has 1 saturated heterocycles. The van der Waals surface area contributed by atoms with E-state index in [9.17, 15) is 18.0 Å². The number of piperazine rings is 1. The average molecular weight is 386 g/mol. The van der Waals surface area contributed by atoms with Gasteiger partial charge in [0.25, 0.3) is 0 Å². The van der Waals surface area contributed by atoms with Gasteiger partial charge in [-0.15, -0.1) is 12.4 Å². The molecule has 1 aliphatic rings. The topological polar surface area (TPSA) is 44.4 Å². The summed E-state index contributed by atoms with van der Waals surface area (Å²) in [5.41, 5.74) is 0.667. The number of nitrogens with one attached hydrogen (secondary N) is 2. The second-order valence-electron chi connectivity index (χ2n) is 5.45. The lowest BCUT2D eigenvalue weighted by atomic mass is 10.1. The van der Waals surface area contributed by atoms with Crippen LogP contribution in [0.5, 0.6) is 0 Å². The summed E-state index contributed by atoms with van der Waals surface area (Å²) in [5.74, 6) is -0.448. The normalized spacial score (nSPS) is 17.0. The van der Waals surface area contributed by atoms with Crippen molar-refractivity contribution in [2.45, 2.75) is 18.6 Å². The molecule has 24 heavy (non-hydrogen) atoms. The van der Waals surface area contributed by atoms with Crippen molar-refractivity contribution in [1.82, 2.24) is 15.5 Å². The molecular weight excluding hydrogens is 366 g/mol. The van der Waals surface area contributed by atoms with Crippen LogP contribution in [0.4, 0.5) is 13.2 Å². The molecule has 4 nitrogen and oxygen atoms in total. The number of carbonyl (C=O) groups excluding carboxylic acids is 1. The van der Waals surface area contributed by atoms with Crippen LogP contribution in [-0.4, -0.2) is 55.7 Å². The highest BCUT2D eigenvalue weighted by Gasteiger charge is 2.43. The van der Waals surface area contributed by atoms with Gasteiger partial charge in [0, 0.05) is 37.7 Å². The second kappa shape index (κ2) is 9.46. The van der Waals surface area contributed by atoms with Crippen LogP contribution in [0, 0.1) is 0 Å². The van der Waals surface area contributed by atoms with Crippen LogP contribution >= 0.6 is 24.0 Å². The number of hydrogen-bond donors (Lipinski definition) is 2. The Balaban J connectivity index is 0.00000288. The highest BCUT2D eigenvalue weighted by Crippen LogP contribution is 2.24. The number of rotatable bonds is 5. The molecule has 0 radical (unpaired) electrons. The number of nitrogens with zero attached hydrogens (tertiary/aromatic N) is 1. The van der Waals surface area contributed by atoms with Crippen molar-refractivity contribution in [3.63, 3.8) is 0 Å². The fourth-order valence-corrected chi connectivity index (χ4v) is 2.76. The summed E-state index contributed by atoms with van der Waals surface area (Å²) in [5, 5.41) is 5.90. The number of amides is 1. The minimum absolute atomic E-state index is 0. The minimum atomic E-state index is -4.37.